The lowest BCUT2D eigenvalue weighted by molar-refractivity contribution is 0.0695. The summed E-state index contributed by atoms with van der Waals surface area (Å²) in [5, 5.41) is 8.44. The van der Waals surface area contributed by atoms with Crippen molar-refractivity contribution in [2.24, 2.45) is 5.92 Å². The number of carbonyl (C=O) groups excluding carboxylic acids is 2. The zero-order valence-corrected chi connectivity index (χ0v) is 24.7. The molecule has 3 amide bonds. The summed E-state index contributed by atoms with van der Waals surface area (Å²) in [7, 11) is 0. The second-order valence-corrected chi connectivity index (χ2v) is 13.7. The SMILES string of the molecule is Cc1c(C(=O)NC2CCOCC2)cc(C2CC3(CCCCC3)N(C(=O)NC(C)(C)C)N2)n1CC1CCCCC1. The van der Waals surface area contributed by atoms with E-state index in [0.29, 0.717) is 19.1 Å². The third-order valence-corrected chi connectivity index (χ3v) is 9.53. The first-order chi connectivity index (χ1) is 18.7. The number of rotatable bonds is 5. The molecule has 2 aliphatic carbocycles. The third kappa shape index (κ3) is 6.48. The van der Waals surface area contributed by atoms with Crippen LogP contribution >= 0.6 is 0 Å². The minimum absolute atomic E-state index is 0.000685. The lowest BCUT2D eigenvalue weighted by Crippen LogP contribution is -2.59. The lowest BCUT2D eigenvalue weighted by Gasteiger charge is -2.41. The standard InChI is InChI=1S/C31H51N5O3/c1-22-25(28(37)32-24-13-17-39-18-14-24)19-27(35(22)21-23-11-7-5-8-12-23)26-20-31(15-9-6-10-16-31)36(34-26)29(38)33-30(2,3)4/h19,23-24,26,34H,5-18,20-21H2,1-4H3,(H,32,37)(H,33,38). The quantitative estimate of drug-likeness (QED) is 0.443. The van der Waals surface area contributed by atoms with Crippen LogP contribution < -0.4 is 16.1 Å². The maximum Gasteiger partial charge on any atom is 0.332 e. The van der Waals surface area contributed by atoms with Gasteiger partial charge in [-0.25, -0.2) is 10.2 Å². The molecular weight excluding hydrogens is 490 g/mol. The van der Waals surface area contributed by atoms with E-state index < -0.39 is 0 Å². The van der Waals surface area contributed by atoms with E-state index in [0.717, 1.165) is 68.4 Å². The summed E-state index contributed by atoms with van der Waals surface area (Å²) in [5.41, 5.74) is 6.18. The Balaban J connectivity index is 1.45. The molecule has 5 rings (SSSR count). The van der Waals surface area contributed by atoms with Gasteiger partial charge in [-0.3, -0.25) is 9.80 Å². The van der Waals surface area contributed by atoms with Crippen molar-refractivity contribution in [1.82, 2.24) is 25.6 Å². The predicted octanol–water partition coefficient (Wildman–Crippen LogP) is 5.75. The molecule has 1 unspecified atom stereocenters. The van der Waals surface area contributed by atoms with Crippen LogP contribution in [0, 0.1) is 12.8 Å². The fourth-order valence-corrected chi connectivity index (χ4v) is 7.43. The molecule has 0 bridgehead atoms. The summed E-state index contributed by atoms with van der Waals surface area (Å²) in [4.78, 5) is 27.2. The molecule has 2 saturated carbocycles. The molecule has 39 heavy (non-hydrogen) atoms. The van der Waals surface area contributed by atoms with Crippen LogP contribution in [0.2, 0.25) is 0 Å². The molecule has 1 aromatic rings. The number of aromatic nitrogens is 1. The molecule has 8 heteroatoms. The van der Waals surface area contributed by atoms with Crippen LogP contribution in [0.5, 0.6) is 0 Å². The first-order valence-electron chi connectivity index (χ1n) is 15.6. The number of nitrogens with zero attached hydrogens (tertiary/aromatic N) is 2. The molecule has 8 nitrogen and oxygen atoms in total. The molecule has 0 aromatic carbocycles. The van der Waals surface area contributed by atoms with Gasteiger partial charge in [0.15, 0.2) is 0 Å². The van der Waals surface area contributed by atoms with Crippen molar-refractivity contribution < 1.29 is 14.3 Å². The van der Waals surface area contributed by atoms with Crippen molar-refractivity contribution in [2.45, 2.75) is 141 Å². The van der Waals surface area contributed by atoms with Crippen LogP contribution in [0.1, 0.15) is 132 Å². The molecule has 1 spiro atoms. The Labute approximate surface area is 234 Å². The van der Waals surface area contributed by atoms with E-state index in [1.807, 2.05) is 25.8 Å². The van der Waals surface area contributed by atoms with Crippen molar-refractivity contribution in [3.63, 3.8) is 0 Å². The molecule has 2 aliphatic heterocycles. The summed E-state index contributed by atoms with van der Waals surface area (Å²) >= 11 is 0. The number of ether oxygens (including phenoxy) is 1. The zero-order chi connectivity index (χ0) is 27.6. The van der Waals surface area contributed by atoms with Crippen LogP contribution in [-0.4, -0.2) is 51.8 Å². The van der Waals surface area contributed by atoms with E-state index in [-0.39, 0.29) is 35.1 Å². The Morgan fingerprint density at radius 2 is 1.69 bits per heavy atom. The van der Waals surface area contributed by atoms with Gasteiger partial charge in [-0.05, 0) is 84.6 Å². The highest BCUT2D eigenvalue weighted by molar-refractivity contribution is 5.96. The van der Waals surface area contributed by atoms with Gasteiger partial charge in [0.2, 0.25) is 0 Å². The van der Waals surface area contributed by atoms with Crippen molar-refractivity contribution in [3.05, 3.63) is 23.0 Å². The van der Waals surface area contributed by atoms with Gasteiger partial charge in [-0.1, -0.05) is 38.5 Å². The Morgan fingerprint density at radius 1 is 1.03 bits per heavy atom. The van der Waals surface area contributed by atoms with Crippen molar-refractivity contribution in [1.29, 1.82) is 0 Å². The zero-order valence-electron chi connectivity index (χ0n) is 24.7. The van der Waals surface area contributed by atoms with Crippen LogP contribution in [0.3, 0.4) is 0 Å². The fourth-order valence-electron chi connectivity index (χ4n) is 7.43. The largest absolute Gasteiger partial charge is 0.381 e. The molecule has 218 valence electrons. The van der Waals surface area contributed by atoms with E-state index in [1.54, 1.807) is 0 Å². The highest BCUT2D eigenvalue weighted by Gasteiger charge is 2.50. The van der Waals surface area contributed by atoms with E-state index in [9.17, 15) is 9.59 Å². The van der Waals surface area contributed by atoms with Gasteiger partial charge in [0, 0.05) is 42.7 Å². The van der Waals surface area contributed by atoms with E-state index in [4.69, 9.17) is 4.74 Å². The number of hydrogen-bond acceptors (Lipinski definition) is 4. The van der Waals surface area contributed by atoms with Crippen LogP contribution in [0.15, 0.2) is 6.07 Å². The van der Waals surface area contributed by atoms with E-state index in [2.05, 4.69) is 33.6 Å². The Bertz CT molecular complexity index is 1010. The normalized spacial score (nSPS) is 24.7. The number of carbonyl (C=O) groups is 2. The summed E-state index contributed by atoms with van der Waals surface area (Å²) in [6, 6.07) is 2.27. The second-order valence-electron chi connectivity index (χ2n) is 13.7. The molecule has 4 aliphatic rings. The summed E-state index contributed by atoms with van der Waals surface area (Å²) < 4.78 is 7.92. The molecule has 3 heterocycles. The van der Waals surface area contributed by atoms with Gasteiger partial charge >= 0.3 is 6.03 Å². The number of amides is 3. The second kappa shape index (κ2) is 11.8. The number of nitrogens with one attached hydrogen (secondary N) is 3. The Kier molecular flexibility index (Phi) is 8.62. The van der Waals surface area contributed by atoms with Crippen molar-refractivity contribution in [2.75, 3.05) is 13.2 Å². The minimum Gasteiger partial charge on any atom is -0.381 e. The minimum atomic E-state index is -0.306. The van der Waals surface area contributed by atoms with Crippen LogP contribution in [-0.2, 0) is 11.3 Å². The monoisotopic (exact) mass is 541 g/mol. The number of hydrogen-bond donors (Lipinski definition) is 3. The summed E-state index contributed by atoms with van der Waals surface area (Å²) in [6.07, 6.45) is 14.6. The van der Waals surface area contributed by atoms with Gasteiger partial charge in [0.05, 0.1) is 17.1 Å². The van der Waals surface area contributed by atoms with Crippen LogP contribution in [0.25, 0.3) is 0 Å². The van der Waals surface area contributed by atoms with E-state index in [1.165, 1.54) is 38.5 Å². The van der Waals surface area contributed by atoms with E-state index >= 15 is 0 Å². The number of hydrazine groups is 1. The first-order valence-corrected chi connectivity index (χ1v) is 15.6. The van der Waals surface area contributed by atoms with Gasteiger partial charge in [0.25, 0.3) is 5.91 Å². The summed E-state index contributed by atoms with van der Waals surface area (Å²) in [6.45, 7) is 10.6. The topological polar surface area (TPSA) is 87.6 Å². The fraction of sp³-hybridized carbons (Fsp3) is 0.806. The van der Waals surface area contributed by atoms with Crippen LogP contribution in [0.4, 0.5) is 4.79 Å². The van der Waals surface area contributed by atoms with Gasteiger partial charge in [-0.2, -0.15) is 0 Å². The highest BCUT2D eigenvalue weighted by Crippen LogP contribution is 2.45. The molecule has 4 fully saturated rings. The van der Waals surface area contributed by atoms with Crippen molar-refractivity contribution in [3.8, 4) is 0 Å². The van der Waals surface area contributed by atoms with Gasteiger partial charge < -0.3 is 19.9 Å². The van der Waals surface area contributed by atoms with Crippen molar-refractivity contribution >= 4 is 11.9 Å². The molecule has 2 saturated heterocycles. The first kappa shape index (κ1) is 28.5. The molecule has 1 atom stereocenters. The Morgan fingerprint density at radius 3 is 2.36 bits per heavy atom. The molecule has 0 radical (unpaired) electrons. The van der Waals surface area contributed by atoms with Gasteiger partial charge in [-0.15, -0.1) is 0 Å². The average molecular weight is 542 g/mol. The number of urea groups is 1. The average Bonchev–Trinajstić information content (AvgIpc) is 3.42. The summed E-state index contributed by atoms with van der Waals surface area (Å²) in [5.74, 6) is 0.663. The molecular formula is C31H51N5O3. The smallest absolute Gasteiger partial charge is 0.332 e. The highest BCUT2D eigenvalue weighted by atomic mass is 16.5. The van der Waals surface area contributed by atoms with Gasteiger partial charge in [0.1, 0.15) is 0 Å². The Hall–Kier alpha value is -2.06. The third-order valence-electron chi connectivity index (χ3n) is 9.53. The molecule has 3 N–H and O–H groups in total. The maximum absolute atomic E-state index is 13.6. The predicted molar refractivity (Wildman–Crippen MR) is 153 cm³/mol. The maximum atomic E-state index is 13.6. The molecule has 1 aromatic heterocycles. The lowest BCUT2D eigenvalue weighted by atomic mass is 9.78.